The first-order valence-electron chi connectivity index (χ1n) is 5.81. The predicted octanol–water partition coefficient (Wildman–Crippen LogP) is 5.82. The zero-order valence-electron chi connectivity index (χ0n) is 10.6. The lowest BCUT2D eigenvalue weighted by atomic mass is 10.1. The van der Waals surface area contributed by atoms with Crippen molar-refractivity contribution >= 4 is 68.4 Å². The molecule has 2 nitrogen and oxygen atoms in total. The first kappa shape index (κ1) is 17.8. The Bertz CT molecular complexity index is 735. The van der Waals surface area contributed by atoms with E-state index in [9.17, 15) is 18.0 Å². The van der Waals surface area contributed by atoms with Gasteiger partial charge in [-0.25, -0.2) is 0 Å². The first-order chi connectivity index (χ1) is 10.2. The summed E-state index contributed by atoms with van der Waals surface area (Å²) in [6.45, 7) is 0. The molecule has 0 saturated carbocycles. The van der Waals surface area contributed by atoms with Gasteiger partial charge in [-0.15, -0.1) is 0 Å². The summed E-state index contributed by atoms with van der Waals surface area (Å²) in [6, 6.07) is 8.43. The molecule has 0 aromatic heterocycles. The Balaban J connectivity index is 2.39. The summed E-state index contributed by atoms with van der Waals surface area (Å²) in [4.78, 5) is 12.2. The molecule has 0 unspecified atom stereocenters. The topological polar surface area (TPSA) is 29.1 Å². The number of anilines is 1. The van der Waals surface area contributed by atoms with Crippen LogP contribution in [0.25, 0.3) is 0 Å². The van der Waals surface area contributed by atoms with Gasteiger partial charge in [0.15, 0.2) is 0 Å². The SMILES string of the molecule is O=C(Nc1ccc(I)cc1C(F)(F)F)c1cc(I)ccc1Cl. The number of rotatable bonds is 2. The standard InChI is InChI=1S/C14H7ClF3I2NO/c15-11-3-1-7(19)5-9(11)13(22)21-12-4-2-8(20)6-10(12)14(16,17)18/h1-6H,(H,21,22). The highest BCUT2D eigenvalue weighted by atomic mass is 127. The second kappa shape index (κ2) is 6.91. The van der Waals surface area contributed by atoms with Gasteiger partial charge in [-0.05, 0) is 81.6 Å². The maximum Gasteiger partial charge on any atom is 0.418 e. The van der Waals surface area contributed by atoms with E-state index in [1.165, 1.54) is 24.3 Å². The first-order valence-corrected chi connectivity index (χ1v) is 8.35. The summed E-state index contributed by atoms with van der Waals surface area (Å²) < 4.78 is 40.3. The quantitative estimate of drug-likeness (QED) is 0.469. The van der Waals surface area contributed by atoms with Gasteiger partial charge in [-0.1, -0.05) is 11.6 Å². The van der Waals surface area contributed by atoms with Crippen molar-refractivity contribution in [2.24, 2.45) is 0 Å². The molecule has 0 aliphatic carbocycles. The number of hydrogen-bond acceptors (Lipinski definition) is 1. The molecule has 0 aliphatic rings. The maximum absolute atomic E-state index is 13.0. The lowest BCUT2D eigenvalue weighted by molar-refractivity contribution is -0.137. The fourth-order valence-corrected chi connectivity index (χ4v) is 2.91. The summed E-state index contributed by atoms with van der Waals surface area (Å²) in [5.41, 5.74) is -1.07. The number of hydrogen-bond donors (Lipinski definition) is 1. The van der Waals surface area contributed by atoms with Crippen molar-refractivity contribution in [3.63, 3.8) is 0 Å². The van der Waals surface area contributed by atoms with E-state index >= 15 is 0 Å². The normalized spacial score (nSPS) is 11.4. The molecule has 0 aliphatic heterocycles. The average molecular weight is 551 g/mol. The van der Waals surface area contributed by atoms with Gasteiger partial charge >= 0.3 is 6.18 Å². The summed E-state index contributed by atoms with van der Waals surface area (Å²) in [5, 5.41) is 2.46. The van der Waals surface area contributed by atoms with Gasteiger partial charge in [0.2, 0.25) is 0 Å². The van der Waals surface area contributed by atoms with Gasteiger partial charge in [-0.2, -0.15) is 13.2 Å². The molecule has 0 spiro atoms. The molecule has 8 heteroatoms. The zero-order chi connectivity index (χ0) is 16.5. The molecule has 2 aromatic rings. The van der Waals surface area contributed by atoms with Crippen molar-refractivity contribution in [3.8, 4) is 0 Å². The van der Waals surface area contributed by atoms with Crippen LogP contribution >= 0.6 is 56.8 Å². The molecule has 0 radical (unpaired) electrons. The Kier molecular flexibility index (Phi) is 5.59. The third-order valence-corrected chi connectivity index (χ3v) is 4.38. The van der Waals surface area contributed by atoms with Gasteiger partial charge < -0.3 is 5.32 Å². The van der Waals surface area contributed by atoms with Crippen LogP contribution in [0.2, 0.25) is 5.02 Å². The third kappa shape index (κ3) is 4.25. The summed E-state index contributed by atoms with van der Waals surface area (Å²) in [5.74, 6) is -0.685. The van der Waals surface area contributed by atoms with Crippen LogP contribution in [-0.4, -0.2) is 5.91 Å². The van der Waals surface area contributed by atoms with Crippen LogP contribution in [-0.2, 0) is 6.18 Å². The predicted molar refractivity (Wildman–Crippen MR) is 96.3 cm³/mol. The Morgan fingerprint density at radius 3 is 2.27 bits per heavy atom. The lowest BCUT2D eigenvalue weighted by Crippen LogP contribution is -2.17. The van der Waals surface area contributed by atoms with E-state index < -0.39 is 17.6 Å². The Morgan fingerprint density at radius 1 is 1.05 bits per heavy atom. The number of carbonyl (C=O) groups is 1. The van der Waals surface area contributed by atoms with Crippen LogP contribution in [0, 0.1) is 7.14 Å². The zero-order valence-corrected chi connectivity index (χ0v) is 15.7. The van der Waals surface area contributed by atoms with E-state index in [1.807, 2.05) is 22.6 Å². The highest BCUT2D eigenvalue weighted by molar-refractivity contribution is 14.1. The number of carbonyl (C=O) groups excluding carboxylic acids is 1. The highest BCUT2D eigenvalue weighted by Crippen LogP contribution is 2.36. The average Bonchev–Trinajstić information content (AvgIpc) is 2.42. The van der Waals surface area contributed by atoms with Crippen molar-refractivity contribution in [2.75, 3.05) is 5.32 Å². The minimum absolute atomic E-state index is 0.125. The van der Waals surface area contributed by atoms with Crippen molar-refractivity contribution in [2.45, 2.75) is 6.18 Å². The molecule has 22 heavy (non-hydrogen) atoms. The summed E-state index contributed by atoms with van der Waals surface area (Å²) in [6.07, 6.45) is -4.56. The van der Waals surface area contributed by atoms with Gasteiger partial charge in [-0.3, -0.25) is 4.79 Å². The van der Waals surface area contributed by atoms with Crippen LogP contribution in [0.1, 0.15) is 15.9 Å². The van der Waals surface area contributed by atoms with Crippen molar-refractivity contribution < 1.29 is 18.0 Å². The van der Waals surface area contributed by atoms with E-state index in [0.717, 1.165) is 9.64 Å². The Hall–Kier alpha value is -0.550. The number of alkyl halides is 3. The fraction of sp³-hybridized carbons (Fsp3) is 0.0714. The second-order valence-corrected chi connectivity index (χ2v) is 7.16. The van der Waals surface area contributed by atoms with Gasteiger partial charge in [0.05, 0.1) is 21.8 Å². The van der Waals surface area contributed by atoms with Gasteiger partial charge in [0, 0.05) is 7.14 Å². The molecule has 0 saturated heterocycles. The van der Waals surface area contributed by atoms with Crippen LogP contribution in [0.15, 0.2) is 36.4 Å². The molecule has 0 heterocycles. The van der Waals surface area contributed by atoms with Crippen LogP contribution in [0.5, 0.6) is 0 Å². The number of nitrogens with one attached hydrogen (secondary N) is 1. The largest absolute Gasteiger partial charge is 0.418 e. The van der Waals surface area contributed by atoms with Crippen molar-refractivity contribution in [3.05, 3.63) is 59.7 Å². The van der Waals surface area contributed by atoms with E-state index in [4.69, 9.17) is 11.6 Å². The minimum atomic E-state index is -4.56. The molecule has 1 N–H and O–H groups in total. The smallest absolute Gasteiger partial charge is 0.321 e. The molecule has 2 aromatic carbocycles. The Labute approximate surface area is 156 Å². The van der Waals surface area contributed by atoms with Crippen molar-refractivity contribution in [1.82, 2.24) is 0 Å². The van der Waals surface area contributed by atoms with Crippen LogP contribution in [0.3, 0.4) is 0 Å². The number of benzene rings is 2. The van der Waals surface area contributed by atoms with Crippen molar-refractivity contribution in [1.29, 1.82) is 0 Å². The van der Waals surface area contributed by atoms with E-state index in [0.29, 0.717) is 3.57 Å². The maximum atomic E-state index is 13.0. The minimum Gasteiger partial charge on any atom is -0.321 e. The summed E-state index contributed by atoms with van der Waals surface area (Å²) in [7, 11) is 0. The highest BCUT2D eigenvalue weighted by Gasteiger charge is 2.34. The van der Waals surface area contributed by atoms with Gasteiger partial charge in [0.1, 0.15) is 0 Å². The van der Waals surface area contributed by atoms with Crippen LogP contribution < -0.4 is 5.32 Å². The number of halogens is 6. The lowest BCUT2D eigenvalue weighted by Gasteiger charge is -2.14. The Morgan fingerprint density at radius 2 is 1.64 bits per heavy atom. The third-order valence-electron chi connectivity index (χ3n) is 2.71. The second-order valence-electron chi connectivity index (χ2n) is 4.27. The molecule has 0 atom stereocenters. The molecular weight excluding hydrogens is 544 g/mol. The molecule has 1 amide bonds. The van der Waals surface area contributed by atoms with E-state index in [-0.39, 0.29) is 16.3 Å². The molecule has 2 rings (SSSR count). The monoisotopic (exact) mass is 551 g/mol. The van der Waals surface area contributed by atoms with E-state index in [2.05, 4.69) is 5.32 Å². The van der Waals surface area contributed by atoms with Crippen LogP contribution in [0.4, 0.5) is 18.9 Å². The number of amides is 1. The van der Waals surface area contributed by atoms with Gasteiger partial charge in [0.25, 0.3) is 5.91 Å². The fourth-order valence-electron chi connectivity index (χ4n) is 1.72. The molecule has 0 bridgehead atoms. The molecule has 116 valence electrons. The molecule has 0 fully saturated rings. The van der Waals surface area contributed by atoms with E-state index in [1.54, 1.807) is 28.7 Å². The molecular formula is C14H7ClF3I2NO. The summed E-state index contributed by atoms with van der Waals surface area (Å²) >= 11 is 9.70.